The van der Waals surface area contributed by atoms with Gasteiger partial charge in [0.25, 0.3) is 0 Å². The number of likely N-dealkylation sites (N-methyl/N-ethyl adjacent to an activating group) is 2. The molecule has 4 aromatic carbocycles. The van der Waals surface area contributed by atoms with Gasteiger partial charge in [0.2, 0.25) is 5.75 Å². The monoisotopic (exact) mass is 650 g/mol. The molecule has 4 aliphatic heterocycles. The van der Waals surface area contributed by atoms with Crippen molar-refractivity contribution >= 4 is 5.97 Å². The maximum atomic E-state index is 12.4. The topological polar surface area (TPSA) is 78.9 Å². The highest BCUT2D eigenvalue weighted by atomic mass is 16.6. The predicted molar refractivity (Wildman–Crippen MR) is 182 cm³/mol. The molecule has 8 rings (SSSR count). The zero-order valence-electron chi connectivity index (χ0n) is 28.4. The van der Waals surface area contributed by atoms with E-state index in [0.717, 1.165) is 49.0 Å². The molecule has 4 heterocycles. The number of carbonyl (C=O) groups is 1. The van der Waals surface area contributed by atoms with Crippen molar-refractivity contribution in [2.45, 2.75) is 44.7 Å². The minimum atomic E-state index is -0.449. The molecule has 0 aromatic heterocycles. The predicted octanol–water partition coefficient (Wildman–Crippen LogP) is 7.08. The molecule has 0 saturated carbocycles. The Morgan fingerprint density at radius 1 is 0.708 bits per heavy atom. The van der Waals surface area contributed by atoms with Crippen LogP contribution in [0.4, 0.5) is 0 Å². The van der Waals surface area contributed by atoms with Crippen LogP contribution in [-0.4, -0.2) is 64.3 Å². The van der Waals surface area contributed by atoms with Gasteiger partial charge >= 0.3 is 5.97 Å². The van der Waals surface area contributed by atoms with Crippen molar-refractivity contribution in [1.29, 1.82) is 0 Å². The summed E-state index contributed by atoms with van der Waals surface area (Å²) in [4.78, 5) is 17.1. The van der Waals surface area contributed by atoms with Gasteiger partial charge in [-0.25, -0.2) is 0 Å². The lowest BCUT2D eigenvalue weighted by molar-refractivity contribution is -0.132. The van der Waals surface area contributed by atoms with Crippen molar-refractivity contribution in [2.75, 3.05) is 48.5 Å². The highest BCUT2D eigenvalue weighted by molar-refractivity contribution is 5.74. The number of methoxy groups -OCH3 is 3. The molecule has 0 radical (unpaired) electrons. The van der Waals surface area contributed by atoms with E-state index in [9.17, 15) is 4.79 Å². The van der Waals surface area contributed by atoms with Crippen LogP contribution in [-0.2, 0) is 30.5 Å². The molecular weight excluding hydrogens is 608 g/mol. The minimum absolute atomic E-state index is 0.0991. The molecule has 2 atom stereocenters. The Hall–Kier alpha value is -4.73. The number of carbonyl (C=O) groups excluding carboxylic acids is 1. The zero-order chi connectivity index (χ0) is 33.5. The number of fused-ring (bicyclic) bond motifs is 2. The van der Waals surface area contributed by atoms with E-state index >= 15 is 0 Å². The number of esters is 1. The normalized spacial score (nSPS) is 18.8. The van der Waals surface area contributed by atoms with E-state index in [1.165, 1.54) is 23.6 Å². The summed E-state index contributed by atoms with van der Waals surface area (Å²) in [5, 5.41) is 0. The van der Waals surface area contributed by atoms with Gasteiger partial charge in [0.15, 0.2) is 34.5 Å². The minimum Gasteiger partial charge on any atom is -0.493 e. The first-order chi connectivity index (χ1) is 23.3. The molecule has 9 heteroatoms. The lowest BCUT2D eigenvalue weighted by Gasteiger charge is -2.37. The molecule has 0 amide bonds. The molecule has 9 nitrogen and oxygen atoms in total. The largest absolute Gasteiger partial charge is 0.493 e. The lowest BCUT2D eigenvalue weighted by Crippen LogP contribution is -2.34. The number of benzene rings is 4. The fraction of sp³-hybridized carbons (Fsp3) is 0.359. The SMILES string of the molecule is COc1ccc2cc1Oc1cc3c(cc1OC)CCN(C)[C@H]3Cc1ccc(cc1)Oc1c(OC(C)=O)c(OC)cc3c1[C@H](C2)N(C)CC3. The van der Waals surface area contributed by atoms with Crippen LogP contribution in [0.2, 0.25) is 0 Å². The van der Waals surface area contributed by atoms with Crippen molar-refractivity contribution in [3.05, 3.63) is 94.0 Å². The molecule has 0 saturated heterocycles. The van der Waals surface area contributed by atoms with Gasteiger partial charge in [0.1, 0.15) is 5.75 Å². The quantitative estimate of drug-likeness (QED) is 0.170. The zero-order valence-corrected chi connectivity index (χ0v) is 28.4. The van der Waals surface area contributed by atoms with E-state index in [2.05, 4.69) is 54.2 Å². The maximum Gasteiger partial charge on any atom is 0.308 e. The molecule has 0 aliphatic carbocycles. The van der Waals surface area contributed by atoms with Crippen LogP contribution in [0.25, 0.3) is 0 Å². The van der Waals surface area contributed by atoms with E-state index in [1.54, 1.807) is 21.3 Å². The Kier molecular flexibility index (Phi) is 8.66. The average molecular weight is 651 g/mol. The molecule has 0 unspecified atom stereocenters. The summed E-state index contributed by atoms with van der Waals surface area (Å²) in [7, 11) is 9.20. The second kappa shape index (κ2) is 13.1. The van der Waals surface area contributed by atoms with Crippen LogP contribution >= 0.6 is 0 Å². The van der Waals surface area contributed by atoms with E-state index in [-0.39, 0.29) is 17.8 Å². The summed E-state index contributed by atoms with van der Waals surface area (Å²) >= 11 is 0. The molecule has 4 aromatic rings. The Morgan fingerprint density at radius 3 is 2.04 bits per heavy atom. The summed E-state index contributed by atoms with van der Waals surface area (Å²) in [5.41, 5.74) is 6.76. The van der Waals surface area contributed by atoms with Crippen LogP contribution in [0.1, 0.15) is 52.4 Å². The molecule has 0 fully saturated rings. The van der Waals surface area contributed by atoms with E-state index in [4.69, 9.17) is 28.4 Å². The van der Waals surface area contributed by atoms with Crippen LogP contribution in [0.5, 0.6) is 46.0 Å². The van der Waals surface area contributed by atoms with E-state index in [0.29, 0.717) is 46.7 Å². The Labute approximate surface area is 281 Å². The van der Waals surface area contributed by atoms with Gasteiger partial charge in [0, 0.05) is 37.7 Å². The van der Waals surface area contributed by atoms with Crippen molar-refractivity contribution in [3.63, 3.8) is 0 Å². The lowest BCUT2D eigenvalue weighted by atomic mass is 9.87. The number of ether oxygens (including phenoxy) is 6. The highest BCUT2D eigenvalue weighted by Gasteiger charge is 2.34. The molecule has 0 N–H and O–H groups in total. The first-order valence-electron chi connectivity index (χ1n) is 16.4. The highest BCUT2D eigenvalue weighted by Crippen LogP contribution is 2.51. The molecule has 4 aliphatic rings. The Bertz CT molecular complexity index is 1850. The first-order valence-corrected chi connectivity index (χ1v) is 16.4. The van der Waals surface area contributed by atoms with Crippen LogP contribution < -0.4 is 28.4 Å². The van der Waals surface area contributed by atoms with Crippen molar-refractivity contribution < 1.29 is 33.2 Å². The smallest absolute Gasteiger partial charge is 0.308 e. The van der Waals surface area contributed by atoms with Crippen molar-refractivity contribution in [2.24, 2.45) is 0 Å². The molecule has 250 valence electrons. The van der Waals surface area contributed by atoms with Gasteiger partial charge < -0.3 is 28.4 Å². The second-order valence-corrected chi connectivity index (χ2v) is 12.8. The fourth-order valence-corrected chi connectivity index (χ4v) is 7.32. The van der Waals surface area contributed by atoms with Crippen LogP contribution in [0.3, 0.4) is 0 Å². The van der Waals surface area contributed by atoms with Gasteiger partial charge in [-0.15, -0.1) is 0 Å². The third-order valence-corrected chi connectivity index (χ3v) is 9.89. The van der Waals surface area contributed by atoms with E-state index < -0.39 is 5.97 Å². The first kappa shape index (κ1) is 31.8. The summed E-state index contributed by atoms with van der Waals surface area (Å²) in [6.07, 6.45) is 3.15. The standard InChI is InChI=1S/C39H42N2O7/c1-23(42)46-38-36(45-6)21-27-14-16-41(3)31-18-25-9-12-32(43-4)34(19-25)48-35-22-29-26(20-33(35)44-5)13-15-40(2)30(29)17-24-7-10-28(11-8-24)47-39(38)37(27)31/h7-12,19-22,30-31H,13-18H2,1-6H3/t30-,31-/m0/s1. The molecule has 48 heavy (non-hydrogen) atoms. The second-order valence-electron chi connectivity index (χ2n) is 12.8. The van der Waals surface area contributed by atoms with Gasteiger partial charge in [-0.2, -0.15) is 0 Å². The number of rotatable bonds is 4. The van der Waals surface area contributed by atoms with Gasteiger partial charge in [0.05, 0.1) is 21.3 Å². The number of hydrogen-bond acceptors (Lipinski definition) is 9. The van der Waals surface area contributed by atoms with E-state index in [1.807, 2.05) is 30.3 Å². The number of hydrogen-bond donors (Lipinski definition) is 0. The fourth-order valence-electron chi connectivity index (χ4n) is 7.32. The third kappa shape index (κ3) is 5.93. The summed E-state index contributed by atoms with van der Waals surface area (Å²) in [6.45, 7) is 3.17. The van der Waals surface area contributed by atoms with Crippen molar-refractivity contribution in [1.82, 2.24) is 9.80 Å². The molecular formula is C39H42N2O7. The summed E-state index contributed by atoms with van der Waals surface area (Å²) < 4.78 is 36.7. The van der Waals surface area contributed by atoms with Gasteiger partial charge in [-0.3, -0.25) is 14.6 Å². The number of nitrogens with zero attached hydrogens (tertiary/aromatic N) is 2. The maximum absolute atomic E-state index is 12.4. The summed E-state index contributed by atoms with van der Waals surface area (Å²) in [6, 6.07) is 20.5. The summed E-state index contributed by atoms with van der Waals surface area (Å²) in [5.74, 6) is 4.02. The van der Waals surface area contributed by atoms with Gasteiger partial charge in [-0.05, 0) is 110 Å². The Balaban J connectivity index is 1.44. The van der Waals surface area contributed by atoms with Crippen molar-refractivity contribution in [3.8, 4) is 46.0 Å². The molecule has 0 spiro atoms. The average Bonchev–Trinajstić information content (AvgIpc) is 3.08. The van der Waals surface area contributed by atoms with Crippen LogP contribution in [0, 0.1) is 0 Å². The van der Waals surface area contributed by atoms with Crippen LogP contribution in [0.15, 0.2) is 60.7 Å². The Morgan fingerprint density at radius 2 is 1.33 bits per heavy atom. The third-order valence-electron chi connectivity index (χ3n) is 9.89. The van der Waals surface area contributed by atoms with Gasteiger partial charge in [-0.1, -0.05) is 18.2 Å². The molecule has 6 bridgehead atoms.